The standard InChI is InChI=1S/C17H23N3O2/c1-13(15-6-3-5-14(11-15)12-18)19-16(21)20-9-4-7-17(2,22)8-10-20/h3,5-6,11,13,22H,4,7-10H2,1-2H3,(H,19,21)/t13-,17-/m0/s1. The Hall–Kier alpha value is -2.06. The number of urea groups is 1. The van der Waals surface area contributed by atoms with Gasteiger partial charge in [-0.3, -0.25) is 0 Å². The number of likely N-dealkylation sites (tertiary alicyclic amines) is 1. The predicted molar refractivity (Wildman–Crippen MR) is 84.2 cm³/mol. The van der Waals surface area contributed by atoms with E-state index < -0.39 is 5.60 Å². The molecule has 1 saturated heterocycles. The van der Waals surface area contributed by atoms with Crippen molar-refractivity contribution in [3.63, 3.8) is 0 Å². The Morgan fingerprint density at radius 2 is 2.23 bits per heavy atom. The quantitative estimate of drug-likeness (QED) is 0.881. The highest BCUT2D eigenvalue weighted by Gasteiger charge is 2.27. The van der Waals surface area contributed by atoms with Gasteiger partial charge in [0.15, 0.2) is 0 Å². The summed E-state index contributed by atoms with van der Waals surface area (Å²) in [4.78, 5) is 14.1. The van der Waals surface area contributed by atoms with Gasteiger partial charge in [-0.15, -0.1) is 0 Å². The van der Waals surface area contributed by atoms with Crippen LogP contribution in [0.2, 0.25) is 0 Å². The predicted octanol–water partition coefficient (Wildman–Crippen LogP) is 2.57. The maximum atomic E-state index is 12.4. The van der Waals surface area contributed by atoms with Crippen LogP contribution in [0.15, 0.2) is 24.3 Å². The van der Waals surface area contributed by atoms with Crippen LogP contribution in [0.4, 0.5) is 4.79 Å². The molecule has 1 fully saturated rings. The third kappa shape index (κ3) is 4.22. The highest BCUT2D eigenvalue weighted by atomic mass is 16.3. The second-order valence-corrected chi connectivity index (χ2v) is 6.25. The van der Waals surface area contributed by atoms with Crippen molar-refractivity contribution in [2.75, 3.05) is 13.1 Å². The molecule has 2 N–H and O–H groups in total. The van der Waals surface area contributed by atoms with E-state index in [2.05, 4.69) is 11.4 Å². The molecule has 0 unspecified atom stereocenters. The lowest BCUT2D eigenvalue weighted by Crippen LogP contribution is -2.42. The van der Waals surface area contributed by atoms with Gasteiger partial charge in [0.25, 0.3) is 0 Å². The van der Waals surface area contributed by atoms with Crippen LogP contribution >= 0.6 is 0 Å². The second kappa shape index (κ2) is 6.80. The molecule has 0 saturated carbocycles. The summed E-state index contributed by atoms with van der Waals surface area (Å²) in [6.07, 6.45) is 2.12. The Balaban J connectivity index is 1.97. The summed E-state index contributed by atoms with van der Waals surface area (Å²) in [5.74, 6) is 0. The Kier molecular flexibility index (Phi) is 5.04. The number of nitrogens with one attached hydrogen (secondary N) is 1. The van der Waals surface area contributed by atoms with Gasteiger partial charge in [-0.2, -0.15) is 5.26 Å². The molecule has 118 valence electrons. The number of carbonyl (C=O) groups excluding carboxylic acids is 1. The van der Waals surface area contributed by atoms with E-state index in [-0.39, 0.29) is 12.1 Å². The first kappa shape index (κ1) is 16.3. The number of nitrogens with zero attached hydrogens (tertiary/aromatic N) is 2. The number of carbonyl (C=O) groups is 1. The normalized spacial score (nSPS) is 23.3. The Morgan fingerprint density at radius 1 is 1.45 bits per heavy atom. The number of rotatable bonds is 2. The third-order valence-corrected chi connectivity index (χ3v) is 4.21. The van der Waals surface area contributed by atoms with Gasteiger partial charge >= 0.3 is 6.03 Å². The van der Waals surface area contributed by atoms with Gasteiger partial charge in [-0.25, -0.2) is 4.79 Å². The molecule has 1 aliphatic heterocycles. The van der Waals surface area contributed by atoms with Crippen molar-refractivity contribution in [1.29, 1.82) is 5.26 Å². The lowest BCUT2D eigenvalue weighted by atomic mass is 9.98. The summed E-state index contributed by atoms with van der Waals surface area (Å²) in [6.45, 7) is 4.95. The number of aliphatic hydroxyl groups is 1. The highest BCUT2D eigenvalue weighted by molar-refractivity contribution is 5.74. The molecule has 0 spiro atoms. The minimum atomic E-state index is -0.679. The number of nitriles is 1. The fourth-order valence-corrected chi connectivity index (χ4v) is 2.70. The van der Waals surface area contributed by atoms with Crippen LogP contribution in [-0.4, -0.2) is 34.7 Å². The fraction of sp³-hybridized carbons (Fsp3) is 0.529. The monoisotopic (exact) mass is 301 g/mol. The molecule has 2 rings (SSSR count). The summed E-state index contributed by atoms with van der Waals surface area (Å²) >= 11 is 0. The van der Waals surface area contributed by atoms with Crippen LogP contribution in [-0.2, 0) is 0 Å². The van der Waals surface area contributed by atoms with Gasteiger partial charge in [-0.1, -0.05) is 12.1 Å². The lowest BCUT2D eigenvalue weighted by molar-refractivity contribution is 0.0456. The van der Waals surface area contributed by atoms with Crippen LogP contribution in [0.5, 0.6) is 0 Å². The molecule has 0 radical (unpaired) electrons. The zero-order valence-corrected chi connectivity index (χ0v) is 13.2. The van der Waals surface area contributed by atoms with E-state index >= 15 is 0 Å². The van der Waals surface area contributed by atoms with Crippen molar-refractivity contribution in [2.24, 2.45) is 0 Å². The Bertz CT molecular complexity index is 578. The van der Waals surface area contributed by atoms with Crippen molar-refractivity contribution in [1.82, 2.24) is 10.2 Å². The van der Waals surface area contributed by atoms with Gasteiger partial charge in [0, 0.05) is 13.1 Å². The van der Waals surface area contributed by atoms with Gasteiger partial charge in [0.2, 0.25) is 0 Å². The van der Waals surface area contributed by atoms with E-state index in [9.17, 15) is 9.90 Å². The molecular weight excluding hydrogens is 278 g/mol. The second-order valence-electron chi connectivity index (χ2n) is 6.25. The average molecular weight is 301 g/mol. The van der Waals surface area contributed by atoms with Gasteiger partial charge < -0.3 is 15.3 Å². The van der Waals surface area contributed by atoms with E-state index in [1.165, 1.54) is 0 Å². The minimum Gasteiger partial charge on any atom is -0.390 e. The number of hydrogen-bond donors (Lipinski definition) is 2. The largest absolute Gasteiger partial charge is 0.390 e. The number of benzene rings is 1. The van der Waals surface area contributed by atoms with E-state index in [4.69, 9.17) is 5.26 Å². The molecule has 22 heavy (non-hydrogen) atoms. The molecule has 1 aromatic rings. The first-order valence-corrected chi connectivity index (χ1v) is 7.69. The fourth-order valence-electron chi connectivity index (χ4n) is 2.70. The Labute approximate surface area is 131 Å². The van der Waals surface area contributed by atoms with Crippen molar-refractivity contribution in [3.05, 3.63) is 35.4 Å². The maximum absolute atomic E-state index is 12.4. The molecule has 0 bridgehead atoms. The first-order chi connectivity index (χ1) is 10.4. The highest BCUT2D eigenvalue weighted by Crippen LogP contribution is 2.22. The maximum Gasteiger partial charge on any atom is 0.317 e. The van der Waals surface area contributed by atoms with Crippen molar-refractivity contribution >= 4 is 6.03 Å². The first-order valence-electron chi connectivity index (χ1n) is 7.69. The zero-order valence-electron chi connectivity index (χ0n) is 13.2. The van der Waals surface area contributed by atoms with Crippen LogP contribution in [0.3, 0.4) is 0 Å². The van der Waals surface area contributed by atoms with Crippen molar-refractivity contribution in [2.45, 2.75) is 44.8 Å². The van der Waals surface area contributed by atoms with Crippen molar-refractivity contribution < 1.29 is 9.90 Å². The molecule has 1 aliphatic rings. The van der Waals surface area contributed by atoms with Gasteiger partial charge in [-0.05, 0) is 50.8 Å². The molecule has 5 nitrogen and oxygen atoms in total. The molecular formula is C17H23N3O2. The number of hydrogen-bond acceptors (Lipinski definition) is 3. The zero-order chi connectivity index (χ0) is 16.2. The molecule has 5 heteroatoms. The van der Waals surface area contributed by atoms with Gasteiger partial charge in [0.05, 0.1) is 23.3 Å². The molecule has 2 amide bonds. The summed E-state index contributed by atoms with van der Waals surface area (Å²) in [5, 5.41) is 22.0. The average Bonchev–Trinajstić information content (AvgIpc) is 2.68. The minimum absolute atomic E-state index is 0.118. The SMILES string of the molecule is C[C@H](NC(=O)N1CCC[C@](C)(O)CC1)c1cccc(C#N)c1. The summed E-state index contributed by atoms with van der Waals surface area (Å²) in [5.41, 5.74) is 0.820. The summed E-state index contributed by atoms with van der Waals surface area (Å²) in [7, 11) is 0. The molecule has 0 aromatic heterocycles. The van der Waals surface area contributed by atoms with Crippen LogP contribution < -0.4 is 5.32 Å². The van der Waals surface area contributed by atoms with E-state index in [0.29, 0.717) is 25.1 Å². The molecule has 0 aliphatic carbocycles. The van der Waals surface area contributed by atoms with E-state index in [0.717, 1.165) is 18.4 Å². The third-order valence-electron chi connectivity index (χ3n) is 4.21. The molecule has 1 aromatic carbocycles. The topological polar surface area (TPSA) is 76.4 Å². The van der Waals surface area contributed by atoms with Crippen LogP contribution in [0.25, 0.3) is 0 Å². The molecule has 2 atom stereocenters. The number of amides is 2. The summed E-state index contributed by atoms with van der Waals surface area (Å²) < 4.78 is 0. The molecule has 1 heterocycles. The summed E-state index contributed by atoms with van der Waals surface area (Å²) in [6, 6.07) is 9.08. The van der Waals surface area contributed by atoms with Crippen LogP contribution in [0.1, 0.15) is 50.3 Å². The lowest BCUT2D eigenvalue weighted by Gasteiger charge is -2.25. The smallest absolute Gasteiger partial charge is 0.317 e. The van der Waals surface area contributed by atoms with Crippen molar-refractivity contribution in [3.8, 4) is 6.07 Å². The van der Waals surface area contributed by atoms with Gasteiger partial charge in [0.1, 0.15) is 0 Å². The Morgan fingerprint density at radius 3 is 2.95 bits per heavy atom. The van der Waals surface area contributed by atoms with E-state index in [1.807, 2.05) is 26.0 Å². The van der Waals surface area contributed by atoms with Crippen LogP contribution in [0, 0.1) is 11.3 Å². The van der Waals surface area contributed by atoms with E-state index in [1.54, 1.807) is 17.0 Å².